The largest absolute Gasteiger partial charge is 0.493 e. The molecule has 0 saturated heterocycles. The first-order chi connectivity index (χ1) is 13.0. The van der Waals surface area contributed by atoms with Gasteiger partial charge in [-0.25, -0.2) is 0 Å². The van der Waals surface area contributed by atoms with Gasteiger partial charge in [0.25, 0.3) is 0 Å². The molecule has 0 saturated carbocycles. The maximum absolute atomic E-state index is 8.73. The monoisotopic (exact) mass is 548 g/mol. The van der Waals surface area contributed by atoms with E-state index in [1.165, 1.54) is 0 Å². The summed E-state index contributed by atoms with van der Waals surface area (Å²) < 4.78 is 12.2. The summed E-state index contributed by atoms with van der Waals surface area (Å²) in [7, 11) is 1.61. The van der Waals surface area contributed by atoms with Crippen molar-refractivity contribution in [2.24, 2.45) is 0 Å². The van der Waals surface area contributed by atoms with Crippen molar-refractivity contribution in [1.29, 1.82) is 0 Å². The lowest BCUT2D eigenvalue weighted by molar-refractivity contribution is 0.282. The van der Waals surface area contributed by atoms with E-state index in [2.05, 4.69) is 26.6 Å². The van der Waals surface area contributed by atoms with Crippen LogP contribution in [0.2, 0.25) is 10.0 Å². The zero-order valence-corrected chi connectivity index (χ0v) is 20.6. The molecule has 10 heteroatoms. The predicted octanol–water partition coefficient (Wildman–Crippen LogP) is 4.86. The van der Waals surface area contributed by atoms with Gasteiger partial charge in [-0.2, -0.15) is 0 Å². The Morgan fingerprint density at radius 2 is 1.69 bits per heavy atom. The van der Waals surface area contributed by atoms with E-state index < -0.39 is 0 Å². The number of hydrogen-bond acceptors (Lipinski definition) is 5. The lowest BCUT2D eigenvalue weighted by atomic mass is 10.2. The molecule has 0 radical (unpaired) electrons. The number of aliphatic hydroxyl groups is 1. The molecule has 164 valence electrons. The molecule has 5 nitrogen and oxygen atoms in total. The fourth-order valence-corrected chi connectivity index (χ4v) is 3.34. The second-order valence-corrected chi connectivity index (χ2v) is 7.47. The summed E-state index contributed by atoms with van der Waals surface area (Å²) in [6.45, 7) is 3.39. The molecule has 0 aliphatic rings. The number of hydrogen-bond donors (Lipinski definition) is 3. The van der Waals surface area contributed by atoms with E-state index in [9.17, 15) is 0 Å². The van der Waals surface area contributed by atoms with Gasteiger partial charge in [-0.05, 0) is 51.3 Å². The maximum Gasteiger partial charge on any atom is 0.175 e. The Hall–Kier alpha value is -0.440. The van der Waals surface area contributed by atoms with Gasteiger partial charge in [0.15, 0.2) is 11.5 Å². The molecule has 3 N–H and O–H groups in total. The molecule has 0 atom stereocenters. The van der Waals surface area contributed by atoms with Gasteiger partial charge in [0.2, 0.25) is 0 Å². The molecule has 0 amide bonds. The van der Waals surface area contributed by atoms with Crippen molar-refractivity contribution in [1.82, 2.24) is 10.6 Å². The van der Waals surface area contributed by atoms with Crippen LogP contribution in [0.25, 0.3) is 0 Å². The van der Waals surface area contributed by atoms with Crippen LogP contribution >= 0.6 is 63.9 Å². The van der Waals surface area contributed by atoms with Gasteiger partial charge < -0.3 is 25.2 Å². The van der Waals surface area contributed by atoms with E-state index >= 15 is 0 Å². The first-order valence-electron chi connectivity index (χ1n) is 8.50. The van der Waals surface area contributed by atoms with Crippen LogP contribution in [0, 0.1) is 0 Å². The minimum Gasteiger partial charge on any atom is -0.493 e. The number of ether oxygens (including phenoxy) is 2. The van der Waals surface area contributed by atoms with E-state index in [4.69, 9.17) is 37.8 Å². The smallest absolute Gasteiger partial charge is 0.175 e. The molecule has 0 aliphatic heterocycles. The molecule has 0 fully saturated rings. The highest BCUT2D eigenvalue weighted by Crippen LogP contribution is 2.37. The fourth-order valence-electron chi connectivity index (χ4n) is 2.41. The summed E-state index contributed by atoms with van der Waals surface area (Å²) in [5, 5.41) is 16.2. The fraction of sp³-hybridized carbons (Fsp3) is 0.368. The third kappa shape index (κ3) is 9.49. The van der Waals surface area contributed by atoms with Gasteiger partial charge in [-0.3, -0.25) is 0 Å². The summed E-state index contributed by atoms with van der Waals surface area (Å²) in [5.41, 5.74) is 1.99. The van der Waals surface area contributed by atoms with E-state index in [0.717, 1.165) is 28.7 Å². The Labute approximate surface area is 202 Å². The number of aliphatic hydroxyl groups excluding tert-OH is 1. The van der Waals surface area contributed by atoms with Gasteiger partial charge in [-0.15, -0.1) is 24.8 Å². The predicted molar refractivity (Wildman–Crippen MR) is 128 cm³/mol. The number of benzene rings is 2. The van der Waals surface area contributed by atoms with Gasteiger partial charge in [0.05, 0.1) is 28.2 Å². The summed E-state index contributed by atoms with van der Waals surface area (Å²) in [6, 6.07) is 9.36. The second kappa shape index (κ2) is 15.4. The van der Waals surface area contributed by atoms with Crippen molar-refractivity contribution >= 4 is 63.9 Å². The van der Waals surface area contributed by atoms with Gasteiger partial charge in [0.1, 0.15) is 6.61 Å². The van der Waals surface area contributed by atoms with Gasteiger partial charge >= 0.3 is 0 Å². The van der Waals surface area contributed by atoms with Crippen molar-refractivity contribution < 1.29 is 14.6 Å². The van der Waals surface area contributed by atoms with Crippen LogP contribution in [0.15, 0.2) is 34.8 Å². The standard InChI is InChI=1S/C19H23BrCl2N2O3.2ClH/c1-26-18-10-14(11-24-5-4-23-6-7-25)8-15(20)19(18)27-12-13-2-3-16(21)17(22)9-13;;/h2-3,8-10,23-25H,4-7,11-12H2,1H3;2*1H. The highest BCUT2D eigenvalue weighted by molar-refractivity contribution is 9.10. The number of halogens is 5. The topological polar surface area (TPSA) is 62.8 Å². The van der Waals surface area contributed by atoms with E-state index in [1.54, 1.807) is 19.2 Å². The van der Waals surface area contributed by atoms with E-state index in [0.29, 0.717) is 41.2 Å². The average Bonchev–Trinajstić information content (AvgIpc) is 2.66. The highest BCUT2D eigenvalue weighted by atomic mass is 79.9. The van der Waals surface area contributed by atoms with Crippen molar-refractivity contribution in [3.8, 4) is 11.5 Å². The normalized spacial score (nSPS) is 10.1. The van der Waals surface area contributed by atoms with Crippen LogP contribution in [0.5, 0.6) is 11.5 Å². The van der Waals surface area contributed by atoms with Crippen LogP contribution in [0.1, 0.15) is 11.1 Å². The first-order valence-corrected chi connectivity index (χ1v) is 10.1. The Kier molecular flexibility index (Phi) is 15.1. The zero-order valence-electron chi connectivity index (χ0n) is 15.8. The maximum atomic E-state index is 8.73. The zero-order chi connectivity index (χ0) is 19.6. The molecule has 0 spiro atoms. The molecule has 0 heterocycles. The molecule has 0 aromatic heterocycles. The number of methoxy groups -OCH3 is 1. The van der Waals surface area contributed by atoms with E-state index in [-0.39, 0.29) is 31.4 Å². The Morgan fingerprint density at radius 1 is 0.966 bits per heavy atom. The van der Waals surface area contributed by atoms with Crippen LogP contribution in [-0.4, -0.2) is 38.5 Å². The van der Waals surface area contributed by atoms with Crippen LogP contribution in [0.3, 0.4) is 0 Å². The van der Waals surface area contributed by atoms with Crippen LogP contribution < -0.4 is 20.1 Å². The van der Waals surface area contributed by atoms with Crippen molar-refractivity contribution in [2.75, 3.05) is 33.4 Å². The number of rotatable bonds is 11. The summed E-state index contributed by atoms with van der Waals surface area (Å²) in [4.78, 5) is 0. The van der Waals surface area contributed by atoms with Crippen LogP contribution in [0.4, 0.5) is 0 Å². The molecule has 0 bridgehead atoms. The molecule has 2 rings (SSSR count). The van der Waals surface area contributed by atoms with Crippen molar-refractivity contribution in [2.45, 2.75) is 13.2 Å². The Morgan fingerprint density at radius 3 is 2.34 bits per heavy atom. The summed E-state index contributed by atoms with van der Waals surface area (Å²) in [5.74, 6) is 1.29. The Balaban J connectivity index is 0.00000392. The summed E-state index contributed by atoms with van der Waals surface area (Å²) >= 11 is 15.6. The molecule has 0 unspecified atom stereocenters. The van der Waals surface area contributed by atoms with Crippen LogP contribution in [-0.2, 0) is 13.2 Å². The molecular formula is C19H25BrCl4N2O3. The van der Waals surface area contributed by atoms with Crippen molar-refractivity contribution in [3.05, 3.63) is 56.0 Å². The average molecular weight is 551 g/mol. The van der Waals surface area contributed by atoms with Gasteiger partial charge in [0, 0.05) is 26.2 Å². The third-order valence-corrected chi connectivity index (χ3v) is 5.08. The number of nitrogens with one attached hydrogen (secondary N) is 2. The minimum absolute atomic E-state index is 0. The molecule has 2 aromatic carbocycles. The summed E-state index contributed by atoms with van der Waals surface area (Å²) in [6.07, 6.45) is 0. The highest BCUT2D eigenvalue weighted by Gasteiger charge is 2.12. The first kappa shape index (κ1) is 28.6. The lowest BCUT2D eigenvalue weighted by Crippen LogP contribution is -2.28. The lowest BCUT2D eigenvalue weighted by Gasteiger charge is -2.15. The minimum atomic E-state index is 0. The quantitative estimate of drug-likeness (QED) is 0.349. The Bertz CT molecular complexity index is 754. The molecule has 0 aliphatic carbocycles. The van der Waals surface area contributed by atoms with Gasteiger partial charge in [-0.1, -0.05) is 29.3 Å². The van der Waals surface area contributed by atoms with E-state index in [1.807, 2.05) is 18.2 Å². The molecule has 29 heavy (non-hydrogen) atoms. The second-order valence-electron chi connectivity index (χ2n) is 5.80. The van der Waals surface area contributed by atoms with Crippen molar-refractivity contribution in [3.63, 3.8) is 0 Å². The third-order valence-electron chi connectivity index (χ3n) is 3.75. The SMILES string of the molecule is COc1cc(CNCCNCCO)cc(Br)c1OCc1ccc(Cl)c(Cl)c1.Cl.Cl. The molecular weight excluding hydrogens is 526 g/mol. The molecule has 2 aromatic rings.